The lowest BCUT2D eigenvalue weighted by molar-refractivity contribution is 0.178. The Hall–Kier alpha value is -0.0400. The average molecular weight is 223 g/mol. The van der Waals surface area contributed by atoms with Gasteiger partial charge in [0.25, 0.3) is 0 Å². The molecule has 2 unspecified atom stereocenters. The Kier molecular flexibility index (Phi) is 4.29. The van der Waals surface area contributed by atoms with Crippen LogP contribution in [0.3, 0.4) is 0 Å². The summed E-state index contributed by atoms with van der Waals surface area (Å²) in [5.74, 6) is 0.904. The summed E-state index contributed by atoms with van der Waals surface area (Å²) >= 11 is 0. The van der Waals surface area contributed by atoms with E-state index in [2.05, 4.69) is 19.2 Å². The molecular formula is C15H29N. The van der Waals surface area contributed by atoms with Crippen molar-refractivity contribution in [3.8, 4) is 0 Å². The van der Waals surface area contributed by atoms with E-state index in [4.69, 9.17) is 0 Å². The van der Waals surface area contributed by atoms with Crippen LogP contribution in [-0.2, 0) is 0 Å². The predicted molar refractivity (Wildman–Crippen MR) is 70.6 cm³/mol. The molecule has 2 atom stereocenters. The fraction of sp³-hybridized carbons (Fsp3) is 1.00. The van der Waals surface area contributed by atoms with Crippen molar-refractivity contribution in [2.75, 3.05) is 6.54 Å². The van der Waals surface area contributed by atoms with Crippen LogP contribution in [0.2, 0.25) is 0 Å². The van der Waals surface area contributed by atoms with Crippen LogP contribution in [0.25, 0.3) is 0 Å². The van der Waals surface area contributed by atoms with Crippen molar-refractivity contribution in [3.05, 3.63) is 0 Å². The van der Waals surface area contributed by atoms with Crippen molar-refractivity contribution in [1.29, 1.82) is 0 Å². The lowest BCUT2D eigenvalue weighted by Crippen LogP contribution is -2.43. The summed E-state index contributed by atoms with van der Waals surface area (Å²) in [5, 5.41) is 3.88. The minimum absolute atomic E-state index is 0.607. The minimum Gasteiger partial charge on any atom is -0.313 e. The van der Waals surface area contributed by atoms with Gasteiger partial charge in [0.05, 0.1) is 0 Å². The Morgan fingerprint density at radius 2 is 1.69 bits per heavy atom. The molecule has 94 valence electrons. The Balaban J connectivity index is 1.76. The van der Waals surface area contributed by atoms with Crippen LogP contribution in [0.15, 0.2) is 0 Å². The minimum atomic E-state index is 0.607. The zero-order valence-electron chi connectivity index (χ0n) is 11.2. The lowest BCUT2D eigenvalue weighted by atomic mass is 9.75. The summed E-state index contributed by atoms with van der Waals surface area (Å²) < 4.78 is 0. The molecule has 1 N–H and O–H groups in total. The molecule has 0 aliphatic heterocycles. The summed E-state index contributed by atoms with van der Waals surface area (Å²) in [4.78, 5) is 0. The summed E-state index contributed by atoms with van der Waals surface area (Å²) in [5.41, 5.74) is 0.607. The van der Waals surface area contributed by atoms with Crippen molar-refractivity contribution < 1.29 is 0 Å². The van der Waals surface area contributed by atoms with Gasteiger partial charge >= 0.3 is 0 Å². The smallest absolute Gasteiger partial charge is 0.00929 e. The largest absolute Gasteiger partial charge is 0.313 e. The molecule has 2 saturated carbocycles. The van der Waals surface area contributed by atoms with Crippen LogP contribution in [-0.4, -0.2) is 12.6 Å². The summed E-state index contributed by atoms with van der Waals surface area (Å²) in [6, 6.07) is 0.813. The van der Waals surface area contributed by atoms with E-state index in [0.717, 1.165) is 12.0 Å². The molecule has 2 rings (SSSR count). The third-order valence-electron chi connectivity index (χ3n) is 4.96. The maximum absolute atomic E-state index is 3.88. The molecular weight excluding hydrogens is 194 g/mol. The molecule has 0 aromatic carbocycles. The molecule has 0 spiro atoms. The highest BCUT2D eigenvalue weighted by atomic mass is 14.9. The summed E-state index contributed by atoms with van der Waals surface area (Å²) in [7, 11) is 0. The first-order chi connectivity index (χ1) is 7.70. The van der Waals surface area contributed by atoms with Crippen molar-refractivity contribution >= 4 is 0 Å². The molecule has 2 aliphatic rings. The van der Waals surface area contributed by atoms with Crippen LogP contribution in [0.5, 0.6) is 0 Å². The van der Waals surface area contributed by atoms with Gasteiger partial charge in [-0.05, 0) is 37.0 Å². The number of hydrogen-bond donors (Lipinski definition) is 1. The van der Waals surface area contributed by atoms with Gasteiger partial charge < -0.3 is 5.32 Å². The Labute approximate surface area is 101 Å². The molecule has 0 radical (unpaired) electrons. The van der Waals surface area contributed by atoms with Gasteiger partial charge in [-0.15, -0.1) is 0 Å². The highest BCUT2D eigenvalue weighted by molar-refractivity contribution is 4.85. The van der Waals surface area contributed by atoms with Gasteiger partial charge in [-0.3, -0.25) is 0 Å². The molecule has 1 heteroatoms. The molecule has 1 nitrogen and oxygen atoms in total. The number of hydrogen-bond acceptors (Lipinski definition) is 1. The second kappa shape index (κ2) is 5.53. The number of nitrogens with one attached hydrogen (secondary N) is 1. The van der Waals surface area contributed by atoms with E-state index < -0.39 is 0 Å². The fourth-order valence-corrected chi connectivity index (χ4v) is 3.58. The van der Waals surface area contributed by atoms with Crippen LogP contribution >= 0.6 is 0 Å². The molecule has 0 heterocycles. The topological polar surface area (TPSA) is 12.0 Å². The molecule has 0 saturated heterocycles. The van der Waals surface area contributed by atoms with Crippen LogP contribution in [0.1, 0.15) is 71.6 Å². The average Bonchev–Trinajstić information content (AvgIpc) is 2.29. The van der Waals surface area contributed by atoms with E-state index >= 15 is 0 Å². The third-order valence-corrected chi connectivity index (χ3v) is 4.96. The quantitative estimate of drug-likeness (QED) is 0.758. The van der Waals surface area contributed by atoms with Crippen LogP contribution in [0, 0.1) is 11.3 Å². The number of rotatable bonds is 3. The summed E-state index contributed by atoms with van der Waals surface area (Å²) in [6.07, 6.45) is 13.0. The van der Waals surface area contributed by atoms with Crippen molar-refractivity contribution in [2.45, 2.75) is 77.7 Å². The van der Waals surface area contributed by atoms with Crippen molar-refractivity contribution in [2.24, 2.45) is 11.3 Å². The molecule has 16 heavy (non-hydrogen) atoms. The zero-order chi connectivity index (χ0) is 11.4. The third kappa shape index (κ3) is 3.23. The van der Waals surface area contributed by atoms with Gasteiger partial charge in [-0.25, -0.2) is 0 Å². The van der Waals surface area contributed by atoms with E-state index in [9.17, 15) is 0 Å². The van der Waals surface area contributed by atoms with E-state index in [0.29, 0.717) is 5.41 Å². The highest BCUT2D eigenvalue weighted by Gasteiger charge is 2.29. The van der Waals surface area contributed by atoms with Gasteiger partial charge in [0.15, 0.2) is 0 Å². The molecule has 0 aromatic heterocycles. The SMILES string of the molecule is CC1CCCCC1NCC1(C)CCCCC1. The maximum atomic E-state index is 3.88. The van der Waals surface area contributed by atoms with Gasteiger partial charge in [0, 0.05) is 12.6 Å². The van der Waals surface area contributed by atoms with Crippen molar-refractivity contribution in [1.82, 2.24) is 5.32 Å². The first-order valence-electron chi connectivity index (χ1n) is 7.43. The second-order valence-electron chi connectivity index (χ2n) is 6.62. The van der Waals surface area contributed by atoms with Crippen LogP contribution < -0.4 is 5.32 Å². The van der Waals surface area contributed by atoms with Gasteiger partial charge in [0.1, 0.15) is 0 Å². The predicted octanol–water partition coefficient (Wildman–Crippen LogP) is 4.13. The van der Waals surface area contributed by atoms with E-state index in [1.807, 2.05) is 0 Å². The van der Waals surface area contributed by atoms with E-state index in [-0.39, 0.29) is 0 Å². The summed E-state index contributed by atoms with van der Waals surface area (Å²) in [6.45, 7) is 6.19. The normalized spacial score (nSPS) is 34.9. The maximum Gasteiger partial charge on any atom is 0.00929 e. The van der Waals surface area contributed by atoms with Gasteiger partial charge in [0.2, 0.25) is 0 Å². The molecule has 2 aliphatic carbocycles. The first kappa shape index (κ1) is 12.4. The Bertz CT molecular complexity index is 205. The van der Waals surface area contributed by atoms with Gasteiger partial charge in [-0.1, -0.05) is 46.0 Å². The van der Waals surface area contributed by atoms with Crippen molar-refractivity contribution in [3.63, 3.8) is 0 Å². The zero-order valence-corrected chi connectivity index (χ0v) is 11.2. The Morgan fingerprint density at radius 1 is 1.00 bits per heavy atom. The highest BCUT2D eigenvalue weighted by Crippen LogP contribution is 2.35. The van der Waals surface area contributed by atoms with E-state index in [1.165, 1.54) is 64.3 Å². The molecule has 0 aromatic rings. The first-order valence-corrected chi connectivity index (χ1v) is 7.43. The van der Waals surface area contributed by atoms with Gasteiger partial charge in [-0.2, -0.15) is 0 Å². The molecule has 0 bridgehead atoms. The van der Waals surface area contributed by atoms with E-state index in [1.54, 1.807) is 0 Å². The van der Waals surface area contributed by atoms with Crippen LogP contribution in [0.4, 0.5) is 0 Å². The second-order valence-corrected chi connectivity index (χ2v) is 6.62. The fourth-order valence-electron chi connectivity index (χ4n) is 3.58. The Morgan fingerprint density at radius 3 is 2.38 bits per heavy atom. The lowest BCUT2D eigenvalue weighted by Gasteiger charge is -2.37. The standard InChI is InChI=1S/C15H29N/c1-13-8-4-5-9-14(13)16-12-15(2)10-6-3-7-11-15/h13-14,16H,3-12H2,1-2H3. The monoisotopic (exact) mass is 223 g/mol. The molecule has 2 fully saturated rings. The molecule has 0 amide bonds.